The largest absolute Gasteiger partial charge is 0.368 e. The van der Waals surface area contributed by atoms with Crippen LogP contribution in [0.1, 0.15) is 47.8 Å². The second-order valence-corrected chi connectivity index (χ2v) is 8.73. The standard InChI is InChI=1S/C24H28N6OS/c1-3-18-19(15-25)23(30-12-8-11-29(4-2)13-14-30)28-24(20(18)16-26)32-21(22(27)31)17-9-6-5-7-10-17/h5-7,9-10,21H,3-4,8,11-14H2,1-2H3,(H2,27,31). The number of hydrogen-bond donors (Lipinski definition) is 1. The average Bonchev–Trinajstić information content (AvgIpc) is 3.07. The number of anilines is 1. The first-order valence-electron chi connectivity index (χ1n) is 10.9. The van der Waals surface area contributed by atoms with Crippen LogP contribution < -0.4 is 10.6 Å². The molecular weight excluding hydrogens is 420 g/mol. The number of benzene rings is 1. The molecule has 0 bridgehead atoms. The number of pyridine rings is 1. The predicted molar refractivity (Wildman–Crippen MR) is 126 cm³/mol. The van der Waals surface area contributed by atoms with E-state index in [0.29, 0.717) is 34.0 Å². The molecule has 0 aliphatic carbocycles. The third-order valence-corrected chi connectivity index (χ3v) is 7.01. The van der Waals surface area contributed by atoms with Gasteiger partial charge in [0, 0.05) is 19.6 Å². The lowest BCUT2D eigenvalue weighted by Crippen LogP contribution is -2.32. The third kappa shape index (κ3) is 5.04. The second kappa shape index (κ2) is 11.0. The van der Waals surface area contributed by atoms with E-state index in [1.165, 1.54) is 11.8 Å². The smallest absolute Gasteiger partial charge is 0.235 e. The second-order valence-electron chi connectivity index (χ2n) is 7.63. The summed E-state index contributed by atoms with van der Waals surface area (Å²) >= 11 is 1.18. The van der Waals surface area contributed by atoms with Gasteiger partial charge in [-0.3, -0.25) is 4.79 Å². The number of rotatable bonds is 7. The SMILES string of the molecule is CCc1c(C#N)c(SC(C(N)=O)c2ccccc2)nc(N2CCCN(CC)CC2)c1C#N. The van der Waals surface area contributed by atoms with Crippen LogP contribution in [0.3, 0.4) is 0 Å². The van der Waals surface area contributed by atoms with Crippen molar-refractivity contribution in [3.63, 3.8) is 0 Å². The molecule has 8 heteroatoms. The van der Waals surface area contributed by atoms with E-state index in [-0.39, 0.29) is 0 Å². The van der Waals surface area contributed by atoms with Crippen LogP contribution in [-0.4, -0.2) is 48.5 Å². The molecule has 2 heterocycles. The summed E-state index contributed by atoms with van der Waals surface area (Å²) in [5, 5.41) is 19.7. The summed E-state index contributed by atoms with van der Waals surface area (Å²) in [4.78, 5) is 21.6. The monoisotopic (exact) mass is 448 g/mol. The van der Waals surface area contributed by atoms with Crippen LogP contribution in [0.2, 0.25) is 0 Å². The lowest BCUT2D eigenvalue weighted by Gasteiger charge is -2.26. The quantitative estimate of drug-likeness (QED) is 0.647. The van der Waals surface area contributed by atoms with Gasteiger partial charge in [-0.15, -0.1) is 0 Å². The van der Waals surface area contributed by atoms with E-state index in [4.69, 9.17) is 10.7 Å². The Morgan fingerprint density at radius 3 is 2.44 bits per heavy atom. The minimum Gasteiger partial charge on any atom is -0.368 e. The minimum atomic E-state index is -0.680. The first kappa shape index (κ1) is 23.6. The van der Waals surface area contributed by atoms with Crippen molar-refractivity contribution >= 4 is 23.5 Å². The Balaban J connectivity index is 2.09. The number of nitriles is 2. The summed E-state index contributed by atoms with van der Waals surface area (Å²) in [6, 6.07) is 13.8. The molecule has 0 saturated carbocycles. The van der Waals surface area contributed by atoms with Crippen LogP contribution in [-0.2, 0) is 11.2 Å². The van der Waals surface area contributed by atoms with Crippen LogP contribution in [0, 0.1) is 22.7 Å². The number of primary amides is 1. The minimum absolute atomic E-state index is 0.352. The average molecular weight is 449 g/mol. The number of hydrogen-bond acceptors (Lipinski definition) is 7. The number of carbonyl (C=O) groups is 1. The number of amides is 1. The lowest BCUT2D eigenvalue weighted by molar-refractivity contribution is -0.117. The van der Waals surface area contributed by atoms with Crippen molar-refractivity contribution in [1.82, 2.24) is 9.88 Å². The maximum absolute atomic E-state index is 12.3. The highest BCUT2D eigenvalue weighted by molar-refractivity contribution is 8.00. The number of carbonyl (C=O) groups excluding carboxylic acids is 1. The van der Waals surface area contributed by atoms with Crippen LogP contribution in [0.15, 0.2) is 35.4 Å². The highest BCUT2D eigenvalue weighted by atomic mass is 32.2. The van der Waals surface area contributed by atoms with Gasteiger partial charge in [0.15, 0.2) is 0 Å². The number of nitrogens with zero attached hydrogens (tertiary/aromatic N) is 5. The first-order chi connectivity index (χ1) is 15.5. The molecule has 1 fully saturated rings. The van der Waals surface area contributed by atoms with Crippen molar-refractivity contribution in [3.8, 4) is 12.1 Å². The van der Waals surface area contributed by atoms with Crippen molar-refractivity contribution in [1.29, 1.82) is 10.5 Å². The van der Waals surface area contributed by atoms with Crippen LogP contribution >= 0.6 is 11.8 Å². The Morgan fingerprint density at radius 2 is 1.84 bits per heavy atom. The van der Waals surface area contributed by atoms with Crippen LogP contribution in [0.5, 0.6) is 0 Å². The molecule has 0 radical (unpaired) electrons. The molecule has 2 N–H and O–H groups in total. The van der Waals surface area contributed by atoms with Gasteiger partial charge in [-0.1, -0.05) is 55.9 Å². The molecule has 32 heavy (non-hydrogen) atoms. The maximum Gasteiger partial charge on any atom is 0.235 e. The van der Waals surface area contributed by atoms with Crippen molar-refractivity contribution in [2.75, 3.05) is 37.6 Å². The van der Waals surface area contributed by atoms with E-state index >= 15 is 0 Å². The van der Waals surface area contributed by atoms with Gasteiger partial charge in [-0.25, -0.2) is 4.98 Å². The Kier molecular flexibility index (Phi) is 8.10. The molecule has 166 valence electrons. The number of nitrogens with two attached hydrogens (primary N) is 1. The van der Waals surface area contributed by atoms with Gasteiger partial charge >= 0.3 is 0 Å². The Bertz CT molecular complexity index is 1040. The van der Waals surface area contributed by atoms with Gasteiger partial charge in [-0.05, 0) is 37.1 Å². The molecule has 7 nitrogen and oxygen atoms in total. The Morgan fingerprint density at radius 1 is 1.12 bits per heavy atom. The predicted octanol–water partition coefficient (Wildman–Crippen LogP) is 3.24. The van der Waals surface area contributed by atoms with E-state index in [1.54, 1.807) is 0 Å². The molecule has 1 amide bonds. The molecule has 1 atom stereocenters. The molecule has 0 spiro atoms. The molecule has 1 aliphatic heterocycles. The third-order valence-electron chi connectivity index (χ3n) is 5.75. The van der Waals surface area contributed by atoms with Crippen LogP contribution in [0.25, 0.3) is 0 Å². The zero-order chi connectivity index (χ0) is 23.1. The number of thioether (sulfide) groups is 1. The Hall–Kier alpha value is -3.07. The van der Waals surface area contributed by atoms with E-state index < -0.39 is 11.2 Å². The van der Waals surface area contributed by atoms with E-state index in [1.807, 2.05) is 37.3 Å². The molecule has 1 aromatic heterocycles. The molecule has 3 rings (SSSR count). The molecule has 1 saturated heterocycles. The van der Waals surface area contributed by atoms with Gasteiger partial charge < -0.3 is 15.5 Å². The fraction of sp³-hybridized carbons (Fsp3) is 0.417. The van der Waals surface area contributed by atoms with Gasteiger partial charge in [-0.2, -0.15) is 10.5 Å². The van der Waals surface area contributed by atoms with Gasteiger partial charge in [0.2, 0.25) is 5.91 Å². The Labute approximate surface area is 193 Å². The molecular formula is C24H28N6OS. The maximum atomic E-state index is 12.3. The number of likely N-dealkylation sites (N-methyl/N-ethyl adjacent to an activating group) is 1. The lowest BCUT2D eigenvalue weighted by atomic mass is 10.0. The van der Waals surface area contributed by atoms with E-state index in [9.17, 15) is 15.3 Å². The summed E-state index contributed by atoms with van der Waals surface area (Å²) in [6.45, 7) is 8.50. The molecule has 1 aliphatic rings. The van der Waals surface area contributed by atoms with Crippen molar-refractivity contribution in [2.24, 2.45) is 5.73 Å². The number of aromatic nitrogens is 1. The fourth-order valence-corrected chi connectivity index (χ4v) is 5.08. The molecule has 1 unspecified atom stereocenters. The summed E-state index contributed by atoms with van der Waals surface area (Å²) in [7, 11) is 0. The first-order valence-corrected chi connectivity index (χ1v) is 11.8. The summed E-state index contributed by atoms with van der Waals surface area (Å²) in [5.74, 6) is 0.101. The zero-order valence-corrected chi connectivity index (χ0v) is 19.4. The molecule has 2 aromatic rings. The van der Waals surface area contributed by atoms with E-state index in [2.05, 4.69) is 28.9 Å². The highest BCUT2D eigenvalue weighted by Crippen LogP contribution is 2.39. The summed E-state index contributed by atoms with van der Waals surface area (Å²) in [6.07, 6.45) is 1.49. The van der Waals surface area contributed by atoms with Crippen LogP contribution in [0.4, 0.5) is 5.82 Å². The van der Waals surface area contributed by atoms with E-state index in [0.717, 1.165) is 44.7 Å². The summed E-state index contributed by atoms with van der Waals surface area (Å²) in [5.41, 5.74) is 7.97. The fourth-order valence-electron chi connectivity index (χ4n) is 4.03. The van der Waals surface area contributed by atoms with Crippen molar-refractivity contribution in [2.45, 2.75) is 37.0 Å². The van der Waals surface area contributed by atoms with Gasteiger partial charge in [0.1, 0.15) is 28.2 Å². The topological polar surface area (TPSA) is 110 Å². The van der Waals surface area contributed by atoms with Crippen molar-refractivity contribution in [3.05, 3.63) is 52.6 Å². The van der Waals surface area contributed by atoms with Gasteiger partial charge in [0.05, 0.1) is 11.1 Å². The van der Waals surface area contributed by atoms with Crippen molar-refractivity contribution < 1.29 is 4.79 Å². The molecule has 1 aromatic carbocycles. The normalized spacial score (nSPS) is 15.4. The summed E-state index contributed by atoms with van der Waals surface area (Å²) < 4.78 is 0. The zero-order valence-electron chi connectivity index (χ0n) is 18.5. The highest BCUT2D eigenvalue weighted by Gasteiger charge is 2.28. The van der Waals surface area contributed by atoms with Gasteiger partial charge in [0.25, 0.3) is 0 Å².